The maximum atomic E-state index is 11.9. The highest BCUT2D eigenvalue weighted by atomic mass is 32.2. The predicted molar refractivity (Wildman–Crippen MR) is 74.7 cm³/mol. The normalized spacial score (nSPS) is 13.1. The van der Waals surface area contributed by atoms with Gasteiger partial charge in [-0.3, -0.25) is 4.72 Å². The first kappa shape index (κ1) is 13.9. The first-order valence-electron chi connectivity index (χ1n) is 5.12. The number of rotatable bonds is 4. The van der Waals surface area contributed by atoms with Crippen molar-refractivity contribution in [2.24, 2.45) is 5.73 Å². The second-order valence-electron chi connectivity index (χ2n) is 4.01. The van der Waals surface area contributed by atoms with Crippen molar-refractivity contribution in [3.63, 3.8) is 0 Å². The number of sulfonamides is 1. The minimum atomic E-state index is -3.56. The fourth-order valence-electron chi connectivity index (χ4n) is 1.32. The van der Waals surface area contributed by atoms with Gasteiger partial charge in [-0.05, 0) is 32.4 Å². The molecule has 17 heavy (non-hydrogen) atoms. The van der Waals surface area contributed by atoms with Crippen LogP contribution in [0, 0.1) is 13.8 Å². The smallest absolute Gasteiger partial charge is 0.241 e. The van der Waals surface area contributed by atoms with Crippen LogP contribution in [-0.4, -0.2) is 18.7 Å². The molecule has 0 spiro atoms. The van der Waals surface area contributed by atoms with Crippen molar-refractivity contribution in [2.75, 3.05) is 4.72 Å². The van der Waals surface area contributed by atoms with Crippen LogP contribution in [0.1, 0.15) is 18.1 Å². The van der Waals surface area contributed by atoms with Crippen LogP contribution in [0.2, 0.25) is 0 Å². The number of nitrogens with two attached hydrogens (primary N) is 1. The maximum Gasteiger partial charge on any atom is 0.241 e. The third-order valence-electron chi connectivity index (χ3n) is 2.50. The molecular formula is C11H16N2O2S2. The van der Waals surface area contributed by atoms with Crippen LogP contribution < -0.4 is 10.5 Å². The van der Waals surface area contributed by atoms with Crippen LogP contribution in [0.25, 0.3) is 0 Å². The average Bonchev–Trinajstić information content (AvgIpc) is 2.21. The summed E-state index contributed by atoms with van der Waals surface area (Å²) in [5, 5.41) is -0.891. The van der Waals surface area contributed by atoms with E-state index in [4.69, 9.17) is 18.0 Å². The highest BCUT2D eigenvalue weighted by Crippen LogP contribution is 2.18. The van der Waals surface area contributed by atoms with Crippen LogP contribution in [-0.2, 0) is 10.0 Å². The molecule has 0 saturated heterocycles. The summed E-state index contributed by atoms with van der Waals surface area (Å²) in [6, 6.07) is 5.48. The topological polar surface area (TPSA) is 72.2 Å². The number of benzene rings is 1. The molecule has 1 atom stereocenters. The minimum absolute atomic E-state index is 0.0396. The predicted octanol–water partition coefficient (Wildman–Crippen LogP) is 1.72. The van der Waals surface area contributed by atoms with Crippen molar-refractivity contribution in [1.82, 2.24) is 0 Å². The van der Waals surface area contributed by atoms with Gasteiger partial charge in [0.1, 0.15) is 5.25 Å². The second-order valence-corrected chi connectivity index (χ2v) is 6.48. The lowest BCUT2D eigenvalue weighted by Gasteiger charge is -2.15. The molecule has 1 rings (SSSR count). The molecule has 0 radical (unpaired) electrons. The summed E-state index contributed by atoms with van der Waals surface area (Å²) in [7, 11) is -3.56. The Balaban J connectivity index is 3.02. The molecule has 0 saturated carbocycles. The standard InChI is InChI=1S/C11H16N2O2S2/c1-7-4-5-10(8(2)6-7)13-17(14,15)9(3)11(12)16/h4-6,9,13H,1-3H3,(H2,12,16). The third kappa shape index (κ3) is 3.41. The van der Waals surface area contributed by atoms with Crippen LogP contribution in [0.4, 0.5) is 5.69 Å². The molecule has 1 aromatic rings. The molecule has 4 nitrogen and oxygen atoms in total. The summed E-state index contributed by atoms with van der Waals surface area (Å²) in [6.07, 6.45) is 0. The molecule has 0 fully saturated rings. The summed E-state index contributed by atoms with van der Waals surface area (Å²) < 4.78 is 26.3. The summed E-state index contributed by atoms with van der Waals surface area (Å²) in [6.45, 7) is 5.26. The van der Waals surface area contributed by atoms with E-state index in [-0.39, 0.29) is 4.99 Å². The highest BCUT2D eigenvalue weighted by Gasteiger charge is 2.23. The first-order valence-corrected chi connectivity index (χ1v) is 7.07. The quantitative estimate of drug-likeness (QED) is 0.819. The second kappa shape index (κ2) is 5.01. The fraction of sp³-hybridized carbons (Fsp3) is 0.364. The van der Waals surface area contributed by atoms with Gasteiger partial charge in [-0.15, -0.1) is 0 Å². The van der Waals surface area contributed by atoms with Gasteiger partial charge in [0.2, 0.25) is 10.0 Å². The van der Waals surface area contributed by atoms with E-state index in [9.17, 15) is 8.42 Å². The van der Waals surface area contributed by atoms with Gasteiger partial charge in [0.15, 0.2) is 0 Å². The van der Waals surface area contributed by atoms with E-state index in [1.807, 2.05) is 26.0 Å². The van der Waals surface area contributed by atoms with Crippen LogP contribution in [0.3, 0.4) is 0 Å². The van der Waals surface area contributed by atoms with E-state index in [1.165, 1.54) is 6.92 Å². The zero-order valence-electron chi connectivity index (χ0n) is 10.0. The van der Waals surface area contributed by atoms with Gasteiger partial charge in [-0.1, -0.05) is 29.9 Å². The number of aryl methyl sites for hydroxylation is 2. The van der Waals surface area contributed by atoms with E-state index in [2.05, 4.69) is 4.72 Å². The molecular weight excluding hydrogens is 256 g/mol. The Morgan fingerprint density at radius 1 is 1.41 bits per heavy atom. The Kier molecular flexibility index (Phi) is 4.11. The van der Waals surface area contributed by atoms with Crippen molar-refractivity contribution in [2.45, 2.75) is 26.0 Å². The number of hydrogen-bond donors (Lipinski definition) is 2. The van der Waals surface area contributed by atoms with Crippen LogP contribution in [0.15, 0.2) is 18.2 Å². The highest BCUT2D eigenvalue weighted by molar-refractivity contribution is 7.95. The van der Waals surface area contributed by atoms with E-state index in [0.717, 1.165) is 11.1 Å². The Morgan fingerprint density at radius 2 is 2.00 bits per heavy atom. The van der Waals surface area contributed by atoms with Gasteiger partial charge >= 0.3 is 0 Å². The van der Waals surface area contributed by atoms with Crippen molar-refractivity contribution < 1.29 is 8.42 Å². The largest absolute Gasteiger partial charge is 0.392 e. The molecule has 0 amide bonds. The van der Waals surface area contributed by atoms with Crippen molar-refractivity contribution in [1.29, 1.82) is 0 Å². The minimum Gasteiger partial charge on any atom is -0.392 e. The third-order valence-corrected chi connectivity index (χ3v) is 4.69. The molecule has 0 aromatic heterocycles. The monoisotopic (exact) mass is 272 g/mol. The van der Waals surface area contributed by atoms with Gasteiger partial charge in [-0.2, -0.15) is 0 Å². The van der Waals surface area contributed by atoms with Crippen LogP contribution in [0.5, 0.6) is 0 Å². The van der Waals surface area contributed by atoms with E-state index in [0.29, 0.717) is 5.69 Å². The Hall–Kier alpha value is -1.14. The van der Waals surface area contributed by atoms with Crippen LogP contribution >= 0.6 is 12.2 Å². The Bertz CT molecular complexity index is 538. The molecule has 1 aromatic carbocycles. The number of thiocarbonyl (C=S) groups is 1. The zero-order chi connectivity index (χ0) is 13.2. The number of hydrogen-bond acceptors (Lipinski definition) is 3. The zero-order valence-corrected chi connectivity index (χ0v) is 11.7. The average molecular weight is 272 g/mol. The molecule has 0 aliphatic carbocycles. The van der Waals surface area contributed by atoms with Gasteiger partial charge in [0.25, 0.3) is 0 Å². The Morgan fingerprint density at radius 3 is 2.47 bits per heavy atom. The van der Waals surface area contributed by atoms with E-state index < -0.39 is 15.3 Å². The SMILES string of the molecule is Cc1ccc(NS(=O)(=O)C(C)C(N)=S)c(C)c1. The van der Waals surface area contributed by atoms with Gasteiger partial charge in [0, 0.05) is 0 Å². The summed E-state index contributed by atoms with van der Waals surface area (Å²) >= 11 is 4.69. The lowest BCUT2D eigenvalue weighted by atomic mass is 10.1. The summed E-state index contributed by atoms with van der Waals surface area (Å²) in [4.78, 5) is -0.0396. The lowest BCUT2D eigenvalue weighted by Crippen LogP contribution is -2.35. The lowest BCUT2D eigenvalue weighted by molar-refractivity contribution is 0.598. The number of nitrogens with one attached hydrogen (secondary N) is 1. The van der Waals surface area contributed by atoms with E-state index >= 15 is 0 Å². The Labute approximate surface area is 107 Å². The van der Waals surface area contributed by atoms with Gasteiger partial charge in [-0.25, -0.2) is 8.42 Å². The molecule has 0 aliphatic heterocycles. The molecule has 3 N–H and O–H groups in total. The van der Waals surface area contributed by atoms with E-state index in [1.54, 1.807) is 6.07 Å². The molecule has 94 valence electrons. The maximum absolute atomic E-state index is 11.9. The first-order chi connectivity index (χ1) is 7.74. The molecule has 1 unspecified atom stereocenters. The van der Waals surface area contributed by atoms with Crippen molar-refractivity contribution in [3.05, 3.63) is 29.3 Å². The number of anilines is 1. The summed E-state index contributed by atoms with van der Waals surface area (Å²) in [5.74, 6) is 0. The van der Waals surface area contributed by atoms with Crippen molar-refractivity contribution >= 4 is 32.9 Å². The van der Waals surface area contributed by atoms with Gasteiger partial charge in [0.05, 0.1) is 10.7 Å². The fourth-order valence-corrected chi connectivity index (χ4v) is 2.72. The summed E-state index contributed by atoms with van der Waals surface area (Å²) in [5.41, 5.74) is 7.85. The molecule has 0 heterocycles. The molecule has 6 heteroatoms. The molecule has 0 aliphatic rings. The van der Waals surface area contributed by atoms with Crippen molar-refractivity contribution in [3.8, 4) is 0 Å². The molecule has 0 bridgehead atoms. The van der Waals surface area contributed by atoms with Gasteiger partial charge < -0.3 is 5.73 Å².